The van der Waals surface area contributed by atoms with Gasteiger partial charge in [-0.15, -0.1) is 11.3 Å². The van der Waals surface area contributed by atoms with Crippen molar-refractivity contribution in [3.63, 3.8) is 0 Å². The van der Waals surface area contributed by atoms with Gasteiger partial charge in [0.2, 0.25) is 0 Å². The minimum Gasteiger partial charge on any atom is -0.493 e. The monoisotopic (exact) mass is 416 g/mol. The van der Waals surface area contributed by atoms with E-state index in [1.165, 1.54) is 5.01 Å². The number of rotatable bonds is 7. The van der Waals surface area contributed by atoms with E-state index in [2.05, 4.69) is 5.10 Å². The zero-order valence-electron chi connectivity index (χ0n) is 16.9. The van der Waals surface area contributed by atoms with Gasteiger partial charge in [-0.2, -0.15) is 5.10 Å². The Hall–Kier alpha value is -2.87. The minimum absolute atomic E-state index is 0.298. The third-order valence-corrected chi connectivity index (χ3v) is 5.49. The van der Waals surface area contributed by atoms with Crippen molar-refractivity contribution in [1.29, 1.82) is 0 Å². The van der Waals surface area contributed by atoms with Crippen LogP contribution in [-0.4, -0.2) is 43.4 Å². The van der Waals surface area contributed by atoms with Crippen LogP contribution in [0.3, 0.4) is 0 Å². The summed E-state index contributed by atoms with van der Waals surface area (Å²) >= 11 is 1.57. The number of ether oxygens (including phenoxy) is 3. The maximum Gasteiger partial charge on any atom is 0.308 e. The van der Waals surface area contributed by atoms with Crippen LogP contribution in [0.15, 0.2) is 40.8 Å². The number of esters is 1. The fraction of sp³-hybridized carbons (Fsp3) is 0.381. The fourth-order valence-electron chi connectivity index (χ4n) is 3.02. The van der Waals surface area contributed by atoms with Crippen molar-refractivity contribution in [3.8, 4) is 11.5 Å². The second-order valence-electron chi connectivity index (χ2n) is 6.86. The molecule has 0 N–H and O–H groups in total. The summed E-state index contributed by atoms with van der Waals surface area (Å²) in [6, 6.07) is 9.14. The molecule has 2 heterocycles. The van der Waals surface area contributed by atoms with E-state index in [1.807, 2.05) is 29.6 Å². The van der Waals surface area contributed by atoms with Gasteiger partial charge in [-0.3, -0.25) is 9.59 Å². The molecule has 2 aromatic rings. The Morgan fingerprint density at radius 3 is 2.59 bits per heavy atom. The molecular formula is C21H24N2O5S. The Morgan fingerprint density at radius 2 is 1.97 bits per heavy atom. The average molecular weight is 416 g/mol. The van der Waals surface area contributed by atoms with Gasteiger partial charge in [0.15, 0.2) is 18.1 Å². The fourth-order valence-corrected chi connectivity index (χ4v) is 3.74. The van der Waals surface area contributed by atoms with Crippen LogP contribution in [0.2, 0.25) is 0 Å². The van der Waals surface area contributed by atoms with Crippen molar-refractivity contribution in [3.05, 3.63) is 46.2 Å². The number of benzene rings is 1. The predicted octanol–water partition coefficient (Wildman–Crippen LogP) is 3.64. The van der Waals surface area contributed by atoms with Gasteiger partial charge in [0.1, 0.15) is 0 Å². The van der Waals surface area contributed by atoms with Crippen LogP contribution in [-0.2, 0) is 14.3 Å². The molecule has 1 aliphatic rings. The molecule has 1 atom stereocenters. The highest BCUT2D eigenvalue weighted by atomic mass is 32.1. The molecule has 0 saturated heterocycles. The summed E-state index contributed by atoms with van der Waals surface area (Å²) in [6.45, 7) is 3.10. The molecule has 0 radical (unpaired) electrons. The van der Waals surface area contributed by atoms with Crippen molar-refractivity contribution in [2.75, 3.05) is 20.8 Å². The number of thiophene rings is 1. The maximum absolute atomic E-state index is 12.8. The molecule has 0 saturated carbocycles. The first-order valence-corrected chi connectivity index (χ1v) is 10.1. The van der Waals surface area contributed by atoms with Crippen LogP contribution in [0.1, 0.15) is 36.8 Å². The van der Waals surface area contributed by atoms with Gasteiger partial charge in [0.05, 0.1) is 36.8 Å². The molecule has 3 rings (SSSR count). The van der Waals surface area contributed by atoms with Crippen molar-refractivity contribution in [2.24, 2.45) is 11.0 Å². The molecule has 0 bridgehead atoms. The summed E-state index contributed by atoms with van der Waals surface area (Å²) < 4.78 is 15.8. The molecule has 154 valence electrons. The molecule has 0 aliphatic carbocycles. The molecular weight excluding hydrogens is 392 g/mol. The lowest BCUT2D eigenvalue weighted by Crippen LogP contribution is -2.32. The largest absolute Gasteiger partial charge is 0.493 e. The van der Waals surface area contributed by atoms with Gasteiger partial charge in [0, 0.05) is 6.42 Å². The lowest BCUT2D eigenvalue weighted by Gasteiger charge is -2.23. The first kappa shape index (κ1) is 20.9. The number of carbonyl (C=O) groups excluding carboxylic acids is 2. The molecule has 0 fully saturated rings. The third kappa shape index (κ3) is 4.59. The minimum atomic E-state index is -0.414. The number of nitrogens with zero attached hydrogens (tertiary/aromatic N) is 2. The summed E-state index contributed by atoms with van der Waals surface area (Å²) in [4.78, 5) is 25.6. The van der Waals surface area contributed by atoms with Gasteiger partial charge >= 0.3 is 5.97 Å². The average Bonchev–Trinajstić information content (AvgIpc) is 3.40. The van der Waals surface area contributed by atoms with E-state index in [0.717, 1.165) is 16.2 Å². The second-order valence-corrected chi connectivity index (χ2v) is 7.81. The Bertz CT molecular complexity index is 908. The maximum atomic E-state index is 12.8. The third-order valence-electron chi connectivity index (χ3n) is 4.57. The van der Waals surface area contributed by atoms with Crippen LogP contribution < -0.4 is 9.47 Å². The van der Waals surface area contributed by atoms with Crippen molar-refractivity contribution in [1.82, 2.24) is 5.01 Å². The van der Waals surface area contributed by atoms with Gasteiger partial charge in [-0.05, 0) is 29.1 Å². The summed E-state index contributed by atoms with van der Waals surface area (Å²) in [6.07, 6.45) is 0.555. The molecule has 1 aliphatic heterocycles. The summed E-state index contributed by atoms with van der Waals surface area (Å²) in [5, 5.41) is 7.93. The Morgan fingerprint density at radius 1 is 1.21 bits per heavy atom. The molecule has 8 heteroatoms. The highest BCUT2D eigenvalue weighted by Gasteiger charge is 2.34. The zero-order chi connectivity index (χ0) is 21.0. The molecule has 1 unspecified atom stereocenters. The normalized spacial score (nSPS) is 16.0. The van der Waals surface area contributed by atoms with Gasteiger partial charge < -0.3 is 14.2 Å². The van der Waals surface area contributed by atoms with Gasteiger partial charge in [-0.1, -0.05) is 26.0 Å². The predicted molar refractivity (Wildman–Crippen MR) is 110 cm³/mol. The Balaban J connectivity index is 1.88. The summed E-state index contributed by atoms with van der Waals surface area (Å²) in [5.74, 6) is 0.104. The van der Waals surface area contributed by atoms with Crippen LogP contribution in [0.5, 0.6) is 11.5 Å². The van der Waals surface area contributed by atoms with Crippen LogP contribution in [0.4, 0.5) is 0 Å². The van der Waals surface area contributed by atoms with Crippen molar-refractivity contribution >= 4 is 28.9 Å². The van der Waals surface area contributed by atoms with Crippen LogP contribution in [0, 0.1) is 5.92 Å². The Kier molecular flexibility index (Phi) is 6.53. The van der Waals surface area contributed by atoms with Crippen LogP contribution in [0.25, 0.3) is 0 Å². The number of amides is 1. The van der Waals surface area contributed by atoms with E-state index in [0.29, 0.717) is 17.9 Å². The number of hydrogen-bond donors (Lipinski definition) is 0. The van der Waals surface area contributed by atoms with Gasteiger partial charge in [0.25, 0.3) is 5.91 Å². The van der Waals surface area contributed by atoms with Crippen molar-refractivity contribution in [2.45, 2.75) is 26.3 Å². The van der Waals surface area contributed by atoms with E-state index >= 15 is 0 Å². The van der Waals surface area contributed by atoms with E-state index in [1.54, 1.807) is 45.5 Å². The first-order chi connectivity index (χ1) is 13.9. The molecule has 7 nitrogen and oxygen atoms in total. The zero-order valence-corrected chi connectivity index (χ0v) is 17.7. The van der Waals surface area contributed by atoms with Crippen LogP contribution >= 0.6 is 11.3 Å². The quantitative estimate of drug-likeness (QED) is 0.644. The van der Waals surface area contributed by atoms with Gasteiger partial charge in [-0.25, -0.2) is 5.01 Å². The number of methoxy groups -OCH3 is 2. The standard InChI is InChI=1S/C21H24N2O5S/c1-13(2)21(25)28-12-20(24)23-16(11-15(22-23)19-6-5-9-29-19)14-7-8-17(26-3)18(10-14)27-4/h5-10,13,16H,11-12H2,1-4H3. The van der Waals surface area contributed by atoms with E-state index in [9.17, 15) is 9.59 Å². The Labute approximate surface area is 173 Å². The molecule has 1 aromatic heterocycles. The smallest absolute Gasteiger partial charge is 0.308 e. The first-order valence-electron chi connectivity index (χ1n) is 9.26. The summed E-state index contributed by atoms with van der Waals surface area (Å²) in [7, 11) is 3.14. The molecule has 1 amide bonds. The molecule has 29 heavy (non-hydrogen) atoms. The van der Waals surface area contributed by atoms with E-state index in [-0.39, 0.29) is 24.5 Å². The second kappa shape index (κ2) is 9.09. The topological polar surface area (TPSA) is 77.4 Å². The highest BCUT2D eigenvalue weighted by molar-refractivity contribution is 7.12. The molecule has 1 aromatic carbocycles. The number of carbonyl (C=O) groups is 2. The molecule has 0 spiro atoms. The SMILES string of the molecule is COc1ccc(C2CC(c3cccs3)=NN2C(=O)COC(=O)C(C)C)cc1OC. The summed E-state index contributed by atoms with van der Waals surface area (Å²) in [5.41, 5.74) is 1.69. The lowest BCUT2D eigenvalue weighted by atomic mass is 10.0. The van der Waals surface area contributed by atoms with Crippen molar-refractivity contribution < 1.29 is 23.8 Å². The number of hydrogen-bond acceptors (Lipinski definition) is 7. The highest BCUT2D eigenvalue weighted by Crippen LogP contribution is 2.37. The van der Waals surface area contributed by atoms with E-state index < -0.39 is 5.97 Å². The lowest BCUT2D eigenvalue weighted by molar-refractivity contribution is -0.155. The van der Waals surface area contributed by atoms with E-state index in [4.69, 9.17) is 14.2 Å². The number of hydrazone groups is 1.